The van der Waals surface area contributed by atoms with Crippen LogP contribution in [0.3, 0.4) is 0 Å². The molecule has 0 radical (unpaired) electrons. The monoisotopic (exact) mass is 220 g/mol. The van der Waals surface area contributed by atoms with Crippen LogP contribution >= 0.6 is 11.8 Å². The second-order valence-electron chi connectivity index (χ2n) is 3.15. The molecule has 0 aromatic rings. The molecule has 0 fully saturated rings. The number of hydrogen-bond acceptors (Lipinski definition) is 5. The SMILES string of the molecule is COC(=O)C(C)CSC(=O)OC(C)C. The van der Waals surface area contributed by atoms with Gasteiger partial charge in [0.25, 0.3) is 0 Å². The van der Waals surface area contributed by atoms with Gasteiger partial charge in [-0.3, -0.25) is 4.79 Å². The maximum atomic E-state index is 11.1. The van der Waals surface area contributed by atoms with Crippen molar-refractivity contribution in [3.8, 4) is 0 Å². The van der Waals surface area contributed by atoms with E-state index in [1.165, 1.54) is 7.11 Å². The van der Waals surface area contributed by atoms with E-state index in [1.807, 2.05) is 0 Å². The molecule has 0 aromatic heterocycles. The Morgan fingerprint density at radius 3 is 2.29 bits per heavy atom. The van der Waals surface area contributed by atoms with Gasteiger partial charge >= 0.3 is 11.3 Å². The van der Waals surface area contributed by atoms with Gasteiger partial charge in [0.1, 0.15) is 0 Å². The summed E-state index contributed by atoms with van der Waals surface area (Å²) >= 11 is 0.995. The Morgan fingerprint density at radius 1 is 1.29 bits per heavy atom. The van der Waals surface area contributed by atoms with Crippen molar-refractivity contribution in [3.05, 3.63) is 0 Å². The number of carbonyl (C=O) groups excluding carboxylic acids is 2. The Kier molecular flexibility index (Phi) is 6.36. The van der Waals surface area contributed by atoms with E-state index >= 15 is 0 Å². The summed E-state index contributed by atoms with van der Waals surface area (Å²) in [4.78, 5) is 22.0. The summed E-state index contributed by atoms with van der Waals surface area (Å²) in [5.74, 6) is -0.211. The fourth-order valence-electron chi connectivity index (χ4n) is 0.689. The number of esters is 1. The van der Waals surface area contributed by atoms with Crippen LogP contribution in [0.25, 0.3) is 0 Å². The second-order valence-corrected chi connectivity index (χ2v) is 4.11. The lowest BCUT2D eigenvalue weighted by molar-refractivity contribution is -0.143. The maximum Gasteiger partial charge on any atom is 0.367 e. The highest BCUT2D eigenvalue weighted by atomic mass is 32.2. The van der Waals surface area contributed by atoms with Crippen LogP contribution in [0.1, 0.15) is 20.8 Å². The number of thioether (sulfide) groups is 1. The van der Waals surface area contributed by atoms with Crippen molar-refractivity contribution in [1.82, 2.24) is 0 Å². The van der Waals surface area contributed by atoms with Crippen LogP contribution in [-0.2, 0) is 14.3 Å². The zero-order valence-corrected chi connectivity index (χ0v) is 9.72. The fourth-order valence-corrected chi connectivity index (χ4v) is 1.47. The molecule has 0 amide bonds. The smallest absolute Gasteiger partial charge is 0.367 e. The molecule has 0 N–H and O–H groups in total. The quantitative estimate of drug-likeness (QED) is 0.679. The van der Waals surface area contributed by atoms with Crippen LogP contribution in [-0.4, -0.2) is 30.2 Å². The Hall–Kier alpha value is -0.710. The number of ether oxygens (including phenoxy) is 2. The first kappa shape index (κ1) is 13.3. The number of rotatable bonds is 4. The topological polar surface area (TPSA) is 52.6 Å². The molecule has 0 aromatic carbocycles. The molecule has 82 valence electrons. The van der Waals surface area contributed by atoms with Crippen molar-refractivity contribution in [2.45, 2.75) is 26.9 Å². The molecular formula is C9H16O4S. The molecule has 0 saturated heterocycles. The largest absolute Gasteiger partial charge is 0.469 e. The van der Waals surface area contributed by atoms with E-state index in [4.69, 9.17) is 4.74 Å². The van der Waals surface area contributed by atoms with Gasteiger partial charge < -0.3 is 9.47 Å². The zero-order chi connectivity index (χ0) is 11.1. The molecule has 0 heterocycles. The lowest BCUT2D eigenvalue weighted by atomic mass is 10.2. The van der Waals surface area contributed by atoms with Gasteiger partial charge in [0.15, 0.2) is 0 Å². The Labute approximate surface area is 88.3 Å². The standard InChI is InChI=1S/C9H16O4S/c1-6(2)13-9(11)14-5-7(3)8(10)12-4/h6-7H,5H2,1-4H3. The molecule has 1 atom stereocenters. The van der Waals surface area contributed by atoms with Gasteiger partial charge in [0, 0.05) is 5.75 Å². The summed E-state index contributed by atoms with van der Waals surface area (Å²) in [6, 6.07) is 0. The van der Waals surface area contributed by atoms with Crippen molar-refractivity contribution in [3.63, 3.8) is 0 Å². The van der Waals surface area contributed by atoms with E-state index in [9.17, 15) is 9.59 Å². The van der Waals surface area contributed by atoms with E-state index in [-0.39, 0.29) is 23.3 Å². The van der Waals surface area contributed by atoms with Crippen molar-refractivity contribution in [2.24, 2.45) is 5.92 Å². The van der Waals surface area contributed by atoms with Gasteiger partial charge in [-0.05, 0) is 25.6 Å². The predicted octanol–water partition coefficient (Wildman–Crippen LogP) is 2.07. The average molecular weight is 220 g/mol. The molecule has 0 spiro atoms. The molecule has 4 nitrogen and oxygen atoms in total. The van der Waals surface area contributed by atoms with Crippen LogP contribution in [0.2, 0.25) is 0 Å². The molecule has 0 aliphatic heterocycles. The van der Waals surface area contributed by atoms with Gasteiger partial charge in [-0.2, -0.15) is 0 Å². The first-order valence-electron chi connectivity index (χ1n) is 4.38. The third-order valence-electron chi connectivity index (χ3n) is 1.39. The Morgan fingerprint density at radius 2 is 1.86 bits per heavy atom. The van der Waals surface area contributed by atoms with Crippen LogP contribution in [0, 0.1) is 5.92 Å². The summed E-state index contributed by atoms with van der Waals surface area (Å²) in [6.07, 6.45) is -0.122. The van der Waals surface area contributed by atoms with Crippen LogP contribution in [0.5, 0.6) is 0 Å². The minimum absolute atomic E-state index is 0.122. The Bertz CT molecular complexity index is 203. The highest BCUT2D eigenvalue weighted by Gasteiger charge is 2.16. The van der Waals surface area contributed by atoms with Crippen molar-refractivity contribution < 1.29 is 19.1 Å². The van der Waals surface area contributed by atoms with Gasteiger partial charge in [0.05, 0.1) is 19.1 Å². The van der Waals surface area contributed by atoms with Crippen molar-refractivity contribution >= 4 is 23.0 Å². The Balaban J connectivity index is 3.71. The lowest BCUT2D eigenvalue weighted by Crippen LogP contribution is -2.16. The highest BCUT2D eigenvalue weighted by molar-refractivity contribution is 8.13. The van der Waals surface area contributed by atoms with Crippen molar-refractivity contribution in [1.29, 1.82) is 0 Å². The molecule has 5 heteroatoms. The summed E-state index contributed by atoms with van der Waals surface area (Å²) in [7, 11) is 1.33. The molecule has 14 heavy (non-hydrogen) atoms. The maximum absolute atomic E-state index is 11.1. The third-order valence-corrected chi connectivity index (χ3v) is 2.39. The first-order chi connectivity index (χ1) is 6.47. The molecule has 0 aliphatic carbocycles. The normalized spacial score (nSPS) is 12.4. The van der Waals surface area contributed by atoms with Gasteiger partial charge in [0.2, 0.25) is 0 Å². The van der Waals surface area contributed by atoms with Crippen LogP contribution in [0.15, 0.2) is 0 Å². The summed E-state index contributed by atoms with van der Waals surface area (Å²) < 4.78 is 9.41. The first-order valence-corrected chi connectivity index (χ1v) is 5.37. The zero-order valence-electron chi connectivity index (χ0n) is 8.90. The molecule has 0 aliphatic rings. The third kappa shape index (κ3) is 5.85. The summed E-state index contributed by atoms with van der Waals surface area (Å²) in [5.41, 5.74) is 0. The lowest BCUT2D eigenvalue weighted by Gasteiger charge is -2.09. The summed E-state index contributed by atoms with van der Waals surface area (Å²) in [5, 5.41) is -0.351. The highest BCUT2D eigenvalue weighted by Crippen LogP contribution is 2.13. The number of carbonyl (C=O) groups is 2. The minimum atomic E-state index is -0.351. The van der Waals surface area contributed by atoms with E-state index in [0.717, 1.165) is 11.8 Å². The molecular weight excluding hydrogens is 204 g/mol. The molecule has 0 rings (SSSR count). The van der Waals surface area contributed by atoms with Crippen LogP contribution < -0.4 is 0 Å². The van der Waals surface area contributed by atoms with Crippen LogP contribution in [0.4, 0.5) is 4.79 Å². The number of hydrogen-bond donors (Lipinski definition) is 0. The summed E-state index contributed by atoms with van der Waals surface area (Å²) in [6.45, 7) is 5.27. The van der Waals surface area contributed by atoms with Crippen molar-refractivity contribution in [2.75, 3.05) is 12.9 Å². The van der Waals surface area contributed by atoms with E-state index < -0.39 is 0 Å². The fraction of sp³-hybridized carbons (Fsp3) is 0.778. The number of methoxy groups -OCH3 is 1. The minimum Gasteiger partial charge on any atom is -0.469 e. The van der Waals surface area contributed by atoms with E-state index in [1.54, 1.807) is 20.8 Å². The van der Waals surface area contributed by atoms with Gasteiger partial charge in [-0.25, -0.2) is 4.79 Å². The van der Waals surface area contributed by atoms with Gasteiger partial charge in [-0.15, -0.1) is 0 Å². The second kappa shape index (κ2) is 6.70. The molecule has 1 unspecified atom stereocenters. The average Bonchev–Trinajstić information content (AvgIpc) is 2.11. The van der Waals surface area contributed by atoms with E-state index in [0.29, 0.717) is 5.75 Å². The predicted molar refractivity (Wildman–Crippen MR) is 55.3 cm³/mol. The van der Waals surface area contributed by atoms with E-state index in [2.05, 4.69) is 4.74 Å². The van der Waals surface area contributed by atoms with Gasteiger partial charge in [-0.1, -0.05) is 6.92 Å². The molecule has 0 bridgehead atoms. The molecule has 0 saturated carbocycles.